The van der Waals surface area contributed by atoms with Gasteiger partial charge in [0.2, 0.25) is 5.91 Å². The predicted molar refractivity (Wildman–Crippen MR) is 73.1 cm³/mol. The summed E-state index contributed by atoms with van der Waals surface area (Å²) in [5, 5.41) is 0. The topological polar surface area (TPSA) is 23.6 Å². The Balaban J connectivity index is 2.09. The van der Waals surface area contributed by atoms with Crippen molar-refractivity contribution < 1.29 is 9.18 Å². The average Bonchev–Trinajstić information content (AvgIpc) is 2.39. The van der Waals surface area contributed by atoms with E-state index in [-0.39, 0.29) is 17.8 Å². The smallest absolute Gasteiger partial charge is 0.219 e. The zero-order valence-electron chi connectivity index (χ0n) is 11.6. The number of hydrogen-bond donors (Lipinski definition) is 0. The van der Waals surface area contributed by atoms with E-state index in [1.54, 1.807) is 19.1 Å². The molecular formula is C15H21FN2O. The van der Waals surface area contributed by atoms with Gasteiger partial charge in [-0.25, -0.2) is 4.39 Å². The molecule has 0 aromatic heterocycles. The Kier molecular flexibility index (Phi) is 4.53. The zero-order chi connectivity index (χ0) is 13.8. The van der Waals surface area contributed by atoms with Crippen molar-refractivity contribution in [3.8, 4) is 0 Å². The summed E-state index contributed by atoms with van der Waals surface area (Å²) in [5.74, 6) is -0.209. The molecule has 1 fully saturated rings. The molecule has 0 saturated carbocycles. The fourth-order valence-electron chi connectivity index (χ4n) is 2.61. The van der Waals surface area contributed by atoms with Gasteiger partial charge in [0.05, 0.1) is 0 Å². The first-order valence-electron chi connectivity index (χ1n) is 6.77. The van der Waals surface area contributed by atoms with Crippen LogP contribution in [0.5, 0.6) is 0 Å². The molecule has 0 atom stereocenters. The first-order chi connectivity index (χ1) is 9.08. The third-order valence-corrected chi connectivity index (χ3v) is 3.83. The number of hydrogen-bond acceptors (Lipinski definition) is 2. The number of halogens is 1. The summed E-state index contributed by atoms with van der Waals surface area (Å²) < 4.78 is 13.7. The van der Waals surface area contributed by atoms with Gasteiger partial charge < -0.3 is 9.80 Å². The van der Waals surface area contributed by atoms with Crippen LogP contribution in [0.4, 0.5) is 4.39 Å². The van der Waals surface area contributed by atoms with E-state index in [9.17, 15) is 9.18 Å². The minimum Gasteiger partial charge on any atom is -0.335 e. The lowest BCUT2D eigenvalue weighted by atomic mass is 10.0. The number of carbonyl (C=O) groups excluding carboxylic acids is 1. The van der Waals surface area contributed by atoms with Gasteiger partial charge in [-0.3, -0.25) is 4.79 Å². The maximum Gasteiger partial charge on any atom is 0.219 e. The largest absolute Gasteiger partial charge is 0.335 e. The molecule has 0 aliphatic carbocycles. The number of rotatable bonds is 3. The SMILES string of the molecule is CC(=O)N(Cc1ccccc1F)C1CCN(C)CC1. The van der Waals surface area contributed by atoms with E-state index < -0.39 is 0 Å². The Morgan fingerprint density at radius 2 is 2.00 bits per heavy atom. The van der Waals surface area contributed by atoms with Crippen molar-refractivity contribution >= 4 is 5.91 Å². The molecule has 4 heteroatoms. The van der Waals surface area contributed by atoms with Gasteiger partial charge in [-0.2, -0.15) is 0 Å². The molecule has 0 spiro atoms. The van der Waals surface area contributed by atoms with E-state index >= 15 is 0 Å². The van der Waals surface area contributed by atoms with E-state index in [1.165, 1.54) is 6.07 Å². The Morgan fingerprint density at radius 1 is 1.37 bits per heavy atom. The van der Waals surface area contributed by atoms with Crippen molar-refractivity contribution in [2.45, 2.75) is 32.4 Å². The molecule has 3 nitrogen and oxygen atoms in total. The summed E-state index contributed by atoms with van der Waals surface area (Å²) in [5.41, 5.74) is 0.594. The van der Waals surface area contributed by atoms with Crippen LogP contribution in [0.3, 0.4) is 0 Å². The number of benzene rings is 1. The van der Waals surface area contributed by atoms with Crippen LogP contribution >= 0.6 is 0 Å². The number of nitrogens with zero attached hydrogens (tertiary/aromatic N) is 2. The van der Waals surface area contributed by atoms with Crippen molar-refractivity contribution in [3.05, 3.63) is 35.6 Å². The van der Waals surface area contributed by atoms with E-state index in [4.69, 9.17) is 0 Å². The lowest BCUT2D eigenvalue weighted by Crippen LogP contribution is -2.45. The monoisotopic (exact) mass is 264 g/mol. The van der Waals surface area contributed by atoms with Gasteiger partial charge in [0.15, 0.2) is 0 Å². The van der Waals surface area contributed by atoms with Crippen molar-refractivity contribution in [3.63, 3.8) is 0 Å². The van der Waals surface area contributed by atoms with Crippen molar-refractivity contribution in [1.82, 2.24) is 9.80 Å². The van der Waals surface area contributed by atoms with Gasteiger partial charge in [0.1, 0.15) is 5.82 Å². The first-order valence-corrected chi connectivity index (χ1v) is 6.77. The van der Waals surface area contributed by atoms with Gasteiger partial charge in [0.25, 0.3) is 0 Å². The second kappa shape index (κ2) is 6.15. The van der Waals surface area contributed by atoms with Crippen LogP contribution < -0.4 is 0 Å². The van der Waals surface area contributed by atoms with Crippen LogP contribution in [0.1, 0.15) is 25.3 Å². The minimum absolute atomic E-state index is 0.0257. The Labute approximate surface area is 114 Å². The van der Waals surface area contributed by atoms with Crippen molar-refractivity contribution in [2.24, 2.45) is 0 Å². The molecule has 19 heavy (non-hydrogen) atoms. The first kappa shape index (κ1) is 14.0. The molecule has 2 rings (SSSR count). The van der Waals surface area contributed by atoms with Crippen molar-refractivity contribution in [1.29, 1.82) is 0 Å². The standard InChI is InChI=1S/C15H21FN2O/c1-12(19)18(14-7-9-17(2)10-8-14)11-13-5-3-4-6-15(13)16/h3-6,14H,7-11H2,1-2H3. The number of piperidine rings is 1. The normalized spacial score (nSPS) is 17.4. The lowest BCUT2D eigenvalue weighted by Gasteiger charge is -2.37. The van der Waals surface area contributed by atoms with Crippen LogP contribution in [-0.2, 0) is 11.3 Å². The van der Waals surface area contributed by atoms with E-state index in [0.29, 0.717) is 12.1 Å². The zero-order valence-corrected chi connectivity index (χ0v) is 11.6. The molecule has 0 radical (unpaired) electrons. The highest BCUT2D eigenvalue weighted by Crippen LogP contribution is 2.19. The highest BCUT2D eigenvalue weighted by atomic mass is 19.1. The van der Waals surface area contributed by atoms with Gasteiger partial charge in [0, 0.05) is 25.1 Å². The summed E-state index contributed by atoms with van der Waals surface area (Å²) in [7, 11) is 2.09. The summed E-state index contributed by atoms with van der Waals surface area (Å²) in [6.07, 6.45) is 1.93. The van der Waals surface area contributed by atoms with Crippen LogP contribution in [0.2, 0.25) is 0 Å². The number of carbonyl (C=O) groups is 1. The number of amides is 1. The summed E-state index contributed by atoms with van der Waals surface area (Å²) in [6, 6.07) is 6.91. The maximum atomic E-state index is 13.7. The lowest BCUT2D eigenvalue weighted by molar-refractivity contribution is -0.132. The van der Waals surface area contributed by atoms with E-state index in [0.717, 1.165) is 25.9 Å². The molecule has 1 saturated heterocycles. The molecule has 1 aliphatic heterocycles. The highest BCUT2D eigenvalue weighted by Gasteiger charge is 2.25. The quantitative estimate of drug-likeness (QED) is 0.836. The van der Waals surface area contributed by atoms with Gasteiger partial charge in [-0.15, -0.1) is 0 Å². The van der Waals surface area contributed by atoms with Crippen molar-refractivity contribution in [2.75, 3.05) is 20.1 Å². The molecule has 1 aromatic rings. The van der Waals surface area contributed by atoms with Gasteiger partial charge >= 0.3 is 0 Å². The maximum absolute atomic E-state index is 13.7. The molecular weight excluding hydrogens is 243 g/mol. The summed E-state index contributed by atoms with van der Waals surface area (Å²) >= 11 is 0. The van der Waals surface area contributed by atoms with Crippen LogP contribution in [0.15, 0.2) is 24.3 Å². The van der Waals surface area contributed by atoms with Crippen LogP contribution in [0.25, 0.3) is 0 Å². The minimum atomic E-state index is -0.235. The second-order valence-corrected chi connectivity index (χ2v) is 5.27. The molecule has 1 amide bonds. The third kappa shape index (κ3) is 3.53. The van der Waals surface area contributed by atoms with E-state index in [2.05, 4.69) is 11.9 Å². The van der Waals surface area contributed by atoms with Gasteiger partial charge in [-0.05, 0) is 39.0 Å². The highest BCUT2D eigenvalue weighted by molar-refractivity contribution is 5.73. The third-order valence-electron chi connectivity index (χ3n) is 3.83. The summed E-state index contributed by atoms with van der Waals surface area (Å²) in [4.78, 5) is 15.9. The average molecular weight is 264 g/mol. The fourth-order valence-corrected chi connectivity index (χ4v) is 2.61. The fraction of sp³-hybridized carbons (Fsp3) is 0.533. The summed E-state index contributed by atoms with van der Waals surface area (Å²) in [6.45, 7) is 3.92. The molecule has 104 valence electrons. The van der Waals surface area contributed by atoms with Crippen LogP contribution in [0, 0.1) is 5.82 Å². The Bertz CT molecular complexity index is 442. The molecule has 1 aromatic carbocycles. The molecule has 0 unspecified atom stereocenters. The second-order valence-electron chi connectivity index (χ2n) is 5.27. The predicted octanol–water partition coefficient (Wildman–Crippen LogP) is 2.27. The van der Waals surface area contributed by atoms with E-state index in [1.807, 2.05) is 11.0 Å². The van der Waals surface area contributed by atoms with Crippen LogP contribution in [-0.4, -0.2) is 41.9 Å². The Hall–Kier alpha value is -1.42. The molecule has 0 bridgehead atoms. The van der Waals surface area contributed by atoms with Gasteiger partial charge in [-0.1, -0.05) is 18.2 Å². The molecule has 1 aliphatic rings. The molecule has 0 N–H and O–H groups in total. The molecule has 1 heterocycles. The number of likely N-dealkylation sites (tertiary alicyclic amines) is 1. The Morgan fingerprint density at radius 3 is 2.58 bits per heavy atom.